The summed E-state index contributed by atoms with van der Waals surface area (Å²) in [7, 11) is -1.37. The van der Waals surface area contributed by atoms with Crippen molar-refractivity contribution in [2.45, 2.75) is 38.6 Å². The monoisotopic (exact) mass is 336 g/mol. The van der Waals surface area contributed by atoms with E-state index in [0.29, 0.717) is 6.42 Å². The highest BCUT2D eigenvalue weighted by Gasteiger charge is 2.23. The molecule has 0 saturated heterocycles. The second kappa shape index (κ2) is 6.56. The minimum atomic E-state index is -1.37. The lowest BCUT2D eigenvalue weighted by Crippen LogP contribution is -2.24. The molecule has 1 N–H and O–H groups in total. The molecule has 0 unspecified atom stereocenters. The molecule has 0 amide bonds. The van der Waals surface area contributed by atoms with E-state index in [1.54, 1.807) is 6.92 Å². The van der Waals surface area contributed by atoms with Crippen molar-refractivity contribution in [1.82, 2.24) is 0 Å². The van der Waals surface area contributed by atoms with Gasteiger partial charge in [-0.3, -0.25) is 0 Å². The fourth-order valence-corrected chi connectivity index (χ4v) is 2.44. The largest absolute Gasteiger partial charge is 0.384 e. The van der Waals surface area contributed by atoms with Gasteiger partial charge in [-0.05, 0) is 18.6 Å². The van der Waals surface area contributed by atoms with Crippen molar-refractivity contribution in [3.05, 3.63) is 40.4 Å². The Balaban J connectivity index is 2.82. The van der Waals surface area contributed by atoms with E-state index in [-0.39, 0.29) is 0 Å². The third-order valence-corrected chi connectivity index (χ3v) is 4.51. The SMILES string of the molecule is C[C@@](O)(CC#C[Si](C)(C)C)/C(Br)=C/c1ccccc1. The zero-order valence-electron chi connectivity index (χ0n) is 12.0. The Bertz CT molecular complexity index is 501. The lowest BCUT2D eigenvalue weighted by atomic mass is 10.0. The molecule has 0 heterocycles. The maximum absolute atomic E-state index is 10.4. The van der Waals surface area contributed by atoms with E-state index in [0.717, 1.165) is 10.0 Å². The molecule has 0 fully saturated rings. The summed E-state index contributed by atoms with van der Waals surface area (Å²) < 4.78 is 0.760. The van der Waals surface area contributed by atoms with Crippen LogP contribution in [0.15, 0.2) is 34.8 Å². The van der Waals surface area contributed by atoms with Crippen molar-refractivity contribution in [2.24, 2.45) is 0 Å². The highest BCUT2D eigenvalue weighted by Crippen LogP contribution is 2.27. The van der Waals surface area contributed by atoms with Crippen LogP contribution in [0.1, 0.15) is 18.9 Å². The minimum Gasteiger partial charge on any atom is -0.384 e. The van der Waals surface area contributed by atoms with Gasteiger partial charge in [0, 0.05) is 10.9 Å². The summed E-state index contributed by atoms with van der Waals surface area (Å²) in [6, 6.07) is 9.94. The zero-order valence-corrected chi connectivity index (χ0v) is 14.6. The Labute approximate surface area is 125 Å². The van der Waals surface area contributed by atoms with E-state index in [2.05, 4.69) is 47.0 Å². The molecule has 1 rings (SSSR count). The molecule has 102 valence electrons. The molecule has 0 saturated carbocycles. The van der Waals surface area contributed by atoms with E-state index in [1.165, 1.54) is 0 Å². The number of hydrogen-bond donors (Lipinski definition) is 1. The molecular formula is C16H21BrOSi. The third kappa shape index (κ3) is 6.24. The Morgan fingerprint density at radius 2 is 1.89 bits per heavy atom. The molecule has 1 aromatic rings. The summed E-state index contributed by atoms with van der Waals surface area (Å²) in [5.41, 5.74) is 3.40. The molecule has 0 aromatic heterocycles. The number of hydrogen-bond acceptors (Lipinski definition) is 1. The Morgan fingerprint density at radius 1 is 1.32 bits per heavy atom. The average Bonchev–Trinajstić information content (AvgIpc) is 2.28. The molecule has 0 aliphatic heterocycles. The first-order valence-electron chi connectivity index (χ1n) is 6.36. The van der Waals surface area contributed by atoms with Crippen LogP contribution < -0.4 is 0 Å². The van der Waals surface area contributed by atoms with Crippen LogP contribution >= 0.6 is 15.9 Å². The molecule has 1 aromatic carbocycles. The second-order valence-corrected chi connectivity index (χ2v) is 11.5. The normalized spacial score (nSPS) is 15.4. The van der Waals surface area contributed by atoms with Crippen molar-refractivity contribution in [1.29, 1.82) is 0 Å². The van der Waals surface area contributed by atoms with Crippen LogP contribution in [0.25, 0.3) is 6.08 Å². The smallest absolute Gasteiger partial charge is 0.129 e. The predicted octanol–water partition coefficient (Wildman–Crippen LogP) is 4.44. The summed E-state index contributed by atoms with van der Waals surface area (Å²) in [5.74, 6) is 3.12. The predicted molar refractivity (Wildman–Crippen MR) is 89.7 cm³/mol. The van der Waals surface area contributed by atoms with Crippen molar-refractivity contribution in [3.8, 4) is 11.5 Å². The zero-order chi connectivity index (χ0) is 14.5. The van der Waals surface area contributed by atoms with Gasteiger partial charge in [0.15, 0.2) is 0 Å². The minimum absolute atomic E-state index is 0.446. The highest BCUT2D eigenvalue weighted by molar-refractivity contribution is 9.11. The summed E-state index contributed by atoms with van der Waals surface area (Å²) in [4.78, 5) is 0. The molecule has 0 radical (unpaired) electrons. The summed E-state index contributed by atoms with van der Waals surface area (Å²) in [5, 5.41) is 10.4. The molecule has 0 spiro atoms. The summed E-state index contributed by atoms with van der Waals surface area (Å²) in [6.45, 7) is 8.38. The summed E-state index contributed by atoms with van der Waals surface area (Å²) >= 11 is 3.47. The van der Waals surface area contributed by atoms with Crippen molar-refractivity contribution < 1.29 is 5.11 Å². The van der Waals surface area contributed by atoms with E-state index in [1.807, 2.05) is 36.4 Å². The van der Waals surface area contributed by atoms with Crippen molar-refractivity contribution in [2.75, 3.05) is 0 Å². The quantitative estimate of drug-likeness (QED) is 0.638. The van der Waals surface area contributed by atoms with Gasteiger partial charge in [-0.25, -0.2) is 0 Å². The second-order valence-electron chi connectivity index (χ2n) is 5.91. The van der Waals surface area contributed by atoms with Crippen LogP contribution in [0.2, 0.25) is 19.6 Å². The lowest BCUT2D eigenvalue weighted by Gasteiger charge is -2.20. The van der Waals surface area contributed by atoms with Gasteiger partial charge < -0.3 is 5.11 Å². The van der Waals surface area contributed by atoms with Crippen LogP contribution in [0, 0.1) is 11.5 Å². The first-order chi connectivity index (χ1) is 8.71. The fraction of sp³-hybridized carbons (Fsp3) is 0.375. The van der Waals surface area contributed by atoms with Gasteiger partial charge in [-0.15, -0.1) is 11.5 Å². The van der Waals surface area contributed by atoms with Gasteiger partial charge in [0.1, 0.15) is 13.7 Å². The fourth-order valence-electron chi connectivity index (χ4n) is 1.42. The van der Waals surface area contributed by atoms with Gasteiger partial charge in [-0.2, -0.15) is 0 Å². The average molecular weight is 337 g/mol. The van der Waals surface area contributed by atoms with Crippen LogP contribution in [-0.2, 0) is 0 Å². The first-order valence-corrected chi connectivity index (χ1v) is 10.7. The molecular weight excluding hydrogens is 316 g/mol. The van der Waals surface area contributed by atoms with E-state index in [4.69, 9.17) is 0 Å². The summed E-state index contributed by atoms with van der Waals surface area (Å²) in [6.07, 6.45) is 2.39. The van der Waals surface area contributed by atoms with E-state index < -0.39 is 13.7 Å². The van der Waals surface area contributed by atoms with Gasteiger partial charge in [0.2, 0.25) is 0 Å². The first kappa shape index (κ1) is 16.2. The standard InChI is InChI=1S/C16H21BrOSi/c1-16(18,11-8-12-19(2,3)4)15(17)13-14-9-6-5-7-10-14/h5-7,9-10,13,18H,11H2,1-4H3/b15-13-/t16-/m1/s1. The maximum atomic E-state index is 10.4. The van der Waals surface area contributed by atoms with Gasteiger partial charge >= 0.3 is 0 Å². The van der Waals surface area contributed by atoms with Crippen LogP contribution in [0.4, 0.5) is 0 Å². The third-order valence-electron chi connectivity index (χ3n) is 2.50. The molecule has 0 aliphatic rings. The van der Waals surface area contributed by atoms with Gasteiger partial charge in [0.05, 0.1) is 0 Å². The Kier molecular flexibility index (Phi) is 5.60. The molecule has 0 aliphatic carbocycles. The lowest BCUT2D eigenvalue weighted by molar-refractivity contribution is 0.115. The number of rotatable bonds is 3. The topological polar surface area (TPSA) is 20.2 Å². The highest BCUT2D eigenvalue weighted by atomic mass is 79.9. The van der Waals surface area contributed by atoms with Gasteiger partial charge in [0.25, 0.3) is 0 Å². The van der Waals surface area contributed by atoms with E-state index >= 15 is 0 Å². The van der Waals surface area contributed by atoms with Crippen molar-refractivity contribution >= 4 is 30.1 Å². The van der Waals surface area contributed by atoms with Crippen molar-refractivity contribution in [3.63, 3.8) is 0 Å². The Hall–Kier alpha value is -0.823. The van der Waals surface area contributed by atoms with Gasteiger partial charge in [-0.1, -0.05) is 65.9 Å². The maximum Gasteiger partial charge on any atom is 0.129 e. The number of halogens is 1. The van der Waals surface area contributed by atoms with Crippen LogP contribution in [0.5, 0.6) is 0 Å². The molecule has 1 atom stereocenters. The van der Waals surface area contributed by atoms with E-state index in [9.17, 15) is 5.11 Å². The Morgan fingerprint density at radius 3 is 2.42 bits per heavy atom. The molecule has 0 bridgehead atoms. The molecule has 3 heteroatoms. The number of aliphatic hydroxyl groups is 1. The molecule has 1 nitrogen and oxygen atoms in total. The van der Waals surface area contributed by atoms with Crippen LogP contribution in [0.3, 0.4) is 0 Å². The number of benzene rings is 1. The van der Waals surface area contributed by atoms with Crippen LogP contribution in [-0.4, -0.2) is 18.8 Å². The molecule has 19 heavy (non-hydrogen) atoms.